The third-order valence-electron chi connectivity index (χ3n) is 5.35. The molecule has 21 heavy (non-hydrogen) atoms. The maximum atomic E-state index is 3.54. The van der Waals surface area contributed by atoms with Crippen LogP contribution in [0.5, 0.6) is 0 Å². The summed E-state index contributed by atoms with van der Waals surface area (Å²) >= 11 is 0. The highest BCUT2D eigenvalue weighted by Gasteiger charge is 2.24. The van der Waals surface area contributed by atoms with Gasteiger partial charge in [0.15, 0.2) is 0 Å². The van der Waals surface area contributed by atoms with Crippen molar-refractivity contribution in [2.24, 2.45) is 0 Å². The molecule has 1 aromatic carbocycles. The van der Waals surface area contributed by atoms with Crippen molar-refractivity contribution >= 4 is 5.69 Å². The van der Waals surface area contributed by atoms with Crippen LogP contribution in [0.4, 0.5) is 5.69 Å². The molecule has 116 valence electrons. The quantitative estimate of drug-likeness (QED) is 0.898. The van der Waals surface area contributed by atoms with Crippen molar-refractivity contribution in [2.75, 3.05) is 44.6 Å². The molecule has 0 spiro atoms. The molecule has 0 aromatic heterocycles. The van der Waals surface area contributed by atoms with Crippen LogP contribution in [0.2, 0.25) is 0 Å². The van der Waals surface area contributed by atoms with Crippen molar-refractivity contribution in [2.45, 2.75) is 38.6 Å². The van der Waals surface area contributed by atoms with Gasteiger partial charge in [-0.2, -0.15) is 0 Å². The number of benzene rings is 1. The van der Waals surface area contributed by atoms with Gasteiger partial charge in [0.05, 0.1) is 0 Å². The van der Waals surface area contributed by atoms with Gasteiger partial charge < -0.3 is 10.2 Å². The molecule has 0 bridgehead atoms. The van der Waals surface area contributed by atoms with Crippen LogP contribution in [0.25, 0.3) is 0 Å². The average Bonchev–Trinajstić information content (AvgIpc) is 2.96. The number of hydrogen-bond donors (Lipinski definition) is 1. The Morgan fingerprint density at radius 1 is 1.19 bits per heavy atom. The van der Waals surface area contributed by atoms with E-state index >= 15 is 0 Å². The summed E-state index contributed by atoms with van der Waals surface area (Å²) in [6, 6.07) is 9.55. The first-order valence-electron chi connectivity index (χ1n) is 8.57. The maximum Gasteiger partial charge on any atom is 0.0376 e. The van der Waals surface area contributed by atoms with E-state index in [0.29, 0.717) is 5.92 Å². The number of nitrogens with zero attached hydrogens (tertiary/aromatic N) is 2. The van der Waals surface area contributed by atoms with Gasteiger partial charge in [-0.05, 0) is 37.9 Å². The Morgan fingerprint density at radius 3 is 2.71 bits per heavy atom. The van der Waals surface area contributed by atoms with Crippen molar-refractivity contribution in [1.82, 2.24) is 9.80 Å². The Kier molecular flexibility index (Phi) is 4.81. The Morgan fingerprint density at radius 2 is 1.95 bits per heavy atom. The predicted molar refractivity (Wildman–Crippen MR) is 90.1 cm³/mol. The first kappa shape index (κ1) is 14.9. The fraction of sp³-hybridized carbons (Fsp3) is 0.667. The molecule has 2 aliphatic rings. The minimum absolute atomic E-state index is 0.703. The number of anilines is 1. The van der Waals surface area contributed by atoms with E-state index in [9.17, 15) is 0 Å². The van der Waals surface area contributed by atoms with E-state index < -0.39 is 0 Å². The second-order valence-corrected chi connectivity index (χ2v) is 6.59. The SMILES string of the molecule is CCC(C)N1CCN(CCC2CNc3ccccc32)CC1. The molecule has 1 N–H and O–H groups in total. The zero-order valence-electron chi connectivity index (χ0n) is 13.5. The molecule has 3 heteroatoms. The molecule has 0 amide bonds. The van der Waals surface area contributed by atoms with Crippen LogP contribution >= 0.6 is 0 Å². The van der Waals surface area contributed by atoms with Gasteiger partial charge in [0.1, 0.15) is 0 Å². The van der Waals surface area contributed by atoms with E-state index in [-0.39, 0.29) is 0 Å². The summed E-state index contributed by atoms with van der Waals surface area (Å²) in [5, 5.41) is 3.54. The van der Waals surface area contributed by atoms with E-state index in [1.807, 2.05) is 0 Å². The van der Waals surface area contributed by atoms with Crippen LogP contribution in [-0.2, 0) is 0 Å². The van der Waals surface area contributed by atoms with Gasteiger partial charge >= 0.3 is 0 Å². The standard InChI is InChI=1S/C18H29N3/c1-3-15(2)21-12-10-20(11-13-21)9-8-16-14-19-18-7-5-4-6-17(16)18/h4-7,15-16,19H,3,8-14H2,1-2H3. The molecule has 0 aliphatic carbocycles. The van der Waals surface area contributed by atoms with E-state index in [4.69, 9.17) is 0 Å². The lowest BCUT2D eigenvalue weighted by Gasteiger charge is -2.38. The number of nitrogens with one attached hydrogen (secondary N) is 1. The molecule has 2 unspecified atom stereocenters. The van der Waals surface area contributed by atoms with Gasteiger partial charge in [-0.1, -0.05) is 25.1 Å². The van der Waals surface area contributed by atoms with E-state index in [1.165, 1.54) is 56.8 Å². The van der Waals surface area contributed by atoms with Crippen molar-refractivity contribution in [1.29, 1.82) is 0 Å². The van der Waals surface area contributed by atoms with E-state index in [0.717, 1.165) is 12.6 Å². The molecular weight excluding hydrogens is 258 g/mol. The molecule has 3 nitrogen and oxygen atoms in total. The maximum absolute atomic E-state index is 3.54. The van der Waals surface area contributed by atoms with Crippen molar-refractivity contribution in [3.05, 3.63) is 29.8 Å². The highest BCUT2D eigenvalue weighted by atomic mass is 15.3. The highest BCUT2D eigenvalue weighted by molar-refractivity contribution is 5.57. The summed E-state index contributed by atoms with van der Waals surface area (Å²) < 4.78 is 0. The van der Waals surface area contributed by atoms with Crippen molar-refractivity contribution in [3.8, 4) is 0 Å². The Hall–Kier alpha value is -1.06. The van der Waals surface area contributed by atoms with E-state index in [1.54, 1.807) is 0 Å². The summed E-state index contributed by atoms with van der Waals surface area (Å²) in [5.74, 6) is 0.703. The smallest absolute Gasteiger partial charge is 0.0376 e. The number of rotatable bonds is 5. The molecule has 2 heterocycles. The Labute approximate surface area is 129 Å². The van der Waals surface area contributed by atoms with Crippen LogP contribution in [0.1, 0.15) is 38.2 Å². The lowest BCUT2D eigenvalue weighted by Crippen LogP contribution is -2.49. The molecule has 2 aliphatic heterocycles. The minimum Gasteiger partial charge on any atom is -0.384 e. The van der Waals surface area contributed by atoms with Gasteiger partial charge in [0.2, 0.25) is 0 Å². The monoisotopic (exact) mass is 287 g/mol. The Bertz CT molecular complexity index is 452. The molecular formula is C18H29N3. The first-order chi connectivity index (χ1) is 10.3. The van der Waals surface area contributed by atoms with Crippen LogP contribution in [-0.4, -0.2) is 55.1 Å². The average molecular weight is 287 g/mol. The number of hydrogen-bond acceptors (Lipinski definition) is 3. The van der Waals surface area contributed by atoms with Gasteiger partial charge in [0.25, 0.3) is 0 Å². The van der Waals surface area contributed by atoms with Crippen LogP contribution < -0.4 is 5.32 Å². The second kappa shape index (κ2) is 6.80. The van der Waals surface area contributed by atoms with Gasteiger partial charge in [0, 0.05) is 50.4 Å². The molecule has 2 atom stereocenters. The van der Waals surface area contributed by atoms with E-state index in [2.05, 4.69) is 53.2 Å². The predicted octanol–water partition coefficient (Wildman–Crippen LogP) is 3.00. The number of piperazine rings is 1. The fourth-order valence-electron chi connectivity index (χ4n) is 3.64. The number of para-hydroxylation sites is 1. The summed E-state index contributed by atoms with van der Waals surface area (Å²) in [7, 11) is 0. The summed E-state index contributed by atoms with van der Waals surface area (Å²) in [4.78, 5) is 5.29. The lowest BCUT2D eigenvalue weighted by atomic mass is 9.97. The number of fused-ring (bicyclic) bond motifs is 1. The lowest BCUT2D eigenvalue weighted by molar-refractivity contribution is 0.0989. The van der Waals surface area contributed by atoms with Gasteiger partial charge in [-0.3, -0.25) is 4.90 Å². The van der Waals surface area contributed by atoms with Crippen LogP contribution in [0, 0.1) is 0 Å². The first-order valence-corrected chi connectivity index (χ1v) is 8.57. The zero-order chi connectivity index (χ0) is 14.7. The molecule has 0 radical (unpaired) electrons. The summed E-state index contributed by atoms with van der Waals surface area (Å²) in [6.07, 6.45) is 2.55. The van der Waals surface area contributed by atoms with Crippen molar-refractivity contribution in [3.63, 3.8) is 0 Å². The third kappa shape index (κ3) is 3.41. The third-order valence-corrected chi connectivity index (χ3v) is 5.35. The molecule has 3 rings (SSSR count). The van der Waals surface area contributed by atoms with Crippen LogP contribution in [0.3, 0.4) is 0 Å². The molecule has 1 saturated heterocycles. The largest absolute Gasteiger partial charge is 0.384 e. The molecule has 1 fully saturated rings. The Balaban J connectivity index is 1.45. The molecule has 0 saturated carbocycles. The molecule has 1 aromatic rings. The van der Waals surface area contributed by atoms with Crippen LogP contribution in [0.15, 0.2) is 24.3 Å². The topological polar surface area (TPSA) is 18.5 Å². The normalized spacial score (nSPS) is 24.6. The summed E-state index contributed by atoms with van der Waals surface area (Å²) in [6.45, 7) is 12.0. The summed E-state index contributed by atoms with van der Waals surface area (Å²) in [5.41, 5.74) is 2.87. The van der Waals surface area contributed by atoms with Gasteiger partial charge in [-0.15, -0.1) is 0 Å². The zero-order valence-corrected chi connectivity index (χ0v) is 13.5. The van der Waals surface area contributed by atoms with Crippen molar-refractivity contribution < 1.29 is 0 Å². The minimum atomic E-state index is 0.703. The highest BCUT2D eigenvalue weighted by Crippen LogP contribution is 2.33. The second-order valence-electron chi connectivity index (χ2n) is 6.59. The van der Waals surface area contributed by atoms with Gasteiger partial charge in [-0.25, -0.2) is 0 Å². The fourth-order valence-corrected chi connectivity index (χ4v) is 3.64.